The Kier molecular flexibility index (Phi) is 2.88. The maximum Gasteiger partial charge on any atom is 0.206 e. The lowest BCUT2D eigenvalue weighted by atomic mass is 10.1. The Morgan fingerprint density at radius 3 is 2.50 bits per heavy atom. The van der Waals surface area contributed by atoms with Gasteiger partial charge in [0, 0.05) is 4.88 Å². The zero-order chi connectivity index (χ0) is 11.7. The van der Waals surface area contributed by atoms with Gasteiger partial charge in [-0.15, -0.1) is 11.3 Å². The Hall–Kier alpha value is -1.48. The molecule has 0 saturated heterocycles. The molecule has 0 N–H and O–H groups in total. The molecule has 1 heterocycles. The second-order valence-electron chi connectivity index (χ2n) is 3.68. The molecule has 1 aromatic carbocycles. The fourth-order valence-electron chi connectivity index (χ4n) is 1.63. The zero-order valence-electron chi connectivity index (χ0n) is 9.08. The number of carbonyl (C=O) groups is 1. The second kappa shape index (κ2) is 4.18. The number of hydrogen-bond donors (Lipinski definition) is 0. The largest absolute Gasteiger partial charge is 0.288 e. The van der Waals surface area contributed by atoms with Crippen molar-refractivity contribution < 1.29 is 9.18 Å². The van der Waals surface area contributed by atoms with Crippen molar-refractivity contribution in [2.75, 3.05) is 0 Å². The van der Waals surface area contributed by atoms with Crippen molar-refractivity contribution in [3.05, 3.63) is 57.0 Å². The molecule has 0 fully saturated rings. The van der Waals surface area contributed by atoms with Crippen molar-refractivity contribution in [2.24, 2.45) is 0 Å². The molecule has 0 unspecified atom stereocenters. The molecule has 0 radical (unpaired) electrons. The summed E-state index contributed by atoms with van der Waals surface area (Å²) < 4.78 is 13.4. The first-order valence-corrected chi connectivity index (χ1v) is 5.77. The van der Waals surface area contributed by atoms with Crippen molar-refractivity contribution >= 4 is 17.1 Å². The summed E-state index contributed by atoms with van der Waals surface area (Å²) in [7, 11) is 0. The summed E-state index contributed by atoms with van der Waals surface area (Å²) in [5.41, 5.74) is 1.06. The van der Waals surface area contributed by atoms with E-state index in [1.54, 1.807) is 12.1 Å². The number of aryl methyl sites for hydroxylation is 2. The minimum atomic E-state index is -0.460. The first-order valence-electron chi connectivity index (χ1n) is 4.96. The van der Waals surface area contributed by atoms with Gasteiger partial charge in [0.05, 0.1) is 10.4 Å². The van der Waals surface area contributed by atoms with Crippen molar-refractivity contribution in [1.82, 2.24) is 0 Å². The highest BCUT2D eigenvalue weighted by Gasteiger charge is 2.17. The molecular formula is C13H11FOS. The summed E-state index contributed by atoms with van der Waals surface area (Å²) in [4.78, 5) is 13.8. The van der Waals surface area contributed by atoms with Crippen LogP contribution in [0.25, 0.3) is 0 Å². The predicted molar refractivity (Wildman–Crippen MR) is 63.6 cm³/mol. The van der Waals surface area contributed by atoms with Gasteiger partial charge >= 0.3 is 0 Å². The third-order valence-corrected chi connectivity index (χ3v) is 3.52. The van der Waals surface area contributed by atoms with E-state index in [-0.39, 0.29) is 11.3 Å². The molecule has 0 spiro atoms. The smallest absolute Gasteiger partial charge is 0.206 e. The van der Waals surface area contributed by atoms with Gasteiger partial charge in [-0.05, 0) is 37.6 Å². The topological polar surface area (TPSA) is 17.1 Å². The molecule has 0 aliphatic rings. The molecule has 1 aromatic heterocycles. The van der Waals surface area contributed by atoms with Gasteiger partial charge in [-0.1, -0.05) is 12.1 Å². The number of ketones is 1. The molecule has 2 aromatic rings. The van der Waals surface area contributed by atoms with E-state index < -0.39 is 5.82 Å². The van der Waals surface area contributed by atoms with Gasteiger partial charge in [0.15, 0.2) is 0 Å². The summed E-state index contributed by atoms with van der Waals surface area (Å²) in [6, 6.07) is 8.03. The highest BCUT2D eigenvalue weighted by Crippen LogP contribution is 2.24. The molecule has 0 saturated carbocycles. The molecule has 3 heteroatoms. The Morgan fingerprint density at radius 2 is 1.94 bits per heavy atom. The molecule has 0 bridgehead atoms. The Bertz CT molecular complexity index is 543. The van der Waals surface area contributed by atoms with E-state index in [4.69, 9.17) is 0 Å². The summed E-state index contributed by atoms with van der Waals surface area (Å²) in [6.45, 7) is 3.81. The van der Waals surface area contributed by atoms with Gasteiger partial charge in [0.1, 0.15) is 5.82 Å². The lowest BCUT2D eigenvalue weighted by Gasteiger charge is -2.00. The Morgan fingerprint density at radius 1 is 1.25 bits per heavy atom. The molecular weight excluding hydrogens is 223 g/mol. The van der Waals surface area contributed by atoms with Crippen molar-refractivity contribution in [1.29, 1.82) is 0 Å². The molecule has 2 rings (SSSR count). The van der Waals surface area contributed by atoms with E-state index in [2.05, 4.69) is 0 Å². The first kappa shape index (κ1) is 11.0. The van der Waals surface area contributed by atoms with Crippen LogP contribution in [0.3, 0.4) is 0 Å². The lowest BCUT2D eigenvalue weighted by molar-refractivity contribution is 0.103. The van der Waals surface area contributed by atoms with E-state index in [1.165, 1.54) is 23.5 Å². The summed E-state index contributed by atoms with van der Waals surface area (Å²) in [5, 5.41) is 0. The van der Waals surface area contributed by atoms with E-state index in [1.807, 2.05) is 19.9 Å². The average Bonchev–Trinajstić information content (AvgIpc) is 2.58. The van der Waals surface area contributed by atoms with Crippen LogP contribution >= 0.6 is 11.3 Å². The molecule has 0 atom stereocenters. The highest BCUT2D eigenvalue weighted by atomic mass is 32.1. The summed E-state index contributed by atoms with van der Waals surface area (Å²) in [6.07, 6.45) is 0. The Labute approximate surface area is 97.6 Å². The van der Waals surface area contributed by atoms with Gasteiger partial charge in [-0.3, -0.25) is 4.79 Å². The van der Waals surface area contributed by atoms with Gasteiger partial charge in [0.25, 0.3) is 0 Å². The maximum atomic E-state index is 13.4. The first-order chi connectivity index (χ1) is 7.59. The van der Waals surface area contributed by atoms with E-state index in [9.17, 15) is 9.18 Å². The van der Waals surface area contributed by atoms with E-state index in [0.717, 1.165) is 10.4 Å². The number of benzene rings is 1. The standard InChI is InChI=1S/C13H11FOS/c1-8-7-9(2)16-13(8)12(15)10-5-3-4-6-11(10)14/h3-7H,1-2H3. The molecule has 0 amide bonds. The van der Waals surface area contributed by atoms with Crippen LogP contribution in [0.4, 0.5) is 4.39 Å². The monoisotopic (exact) mass is 234 g/mol. The number of halogens is 1. The SMILES string of the molecule is Cc1cc(C)c(C(=O)c2ccccc2F)s1. The Balaban J connectivity index is 2.47. The lowest BCUT2D eigenvalue weighted by Crippen LogP contribution is -2.03. The number of thiophene rings is 1. The minimum absolute atomic E-state index is 0.146. The van der Waals surface area contributed by atoms with Crippen LogP contribution in [-0.2, 0) is 0 Å². The van der Waals surface area contributed by atoms with Crippen LogP contribution in [0.15, 0.2) is 30.3 Å². The highest BCUT2D eigenvalue weighted by molar-refractivity contribution is 7.14. The minimum Gasteiger partial charge on any atom is -0.288 e. The normalized spacial score (nSPS) is 10.4. The third-order valence-electron chi connectivity index (χ3n) is 2.37. The van der Waals surface area contributed by atoms with Gasteiger partial charge in [-0.25, -0.2) is 4.39 Å². The number of hydrogen-bond acceptors (Lipinski definition) is 2. The van der Waals surface area contributed by atoms with Crippen molar-refractivity contribution in [3.63, 3.8) is 0 Å². The zero-order valence-corrected chi connectivity index (χ0v) is 9.90. The average molecular weight is 234 g/mol. The molecule has 82 valence electrons. The van der Waals surface area contributed by atoms with Crippen LogP contribution in [0.5, 0.6) is 0 Å². The van der Waals surface area contributed by atoms with Crippen LogP contribution in [-0.4, -0.2) is 5.78 Å². The van der Waals surface area contributed by atoms with Crippen LogP contribution in [0.1, 0.15) is 25.7 Å². The molecule has 16 heavy (non-hydrogen) atoms. The predicted octanol–water partition coefficient (Wildman–Crippen LogP) is 3.74. The summed E-state index contributed by atoms with van der Waals surface area (Å²) >= 11 is 1.41. The second-order valence-corrected chi connectivity index (χ2v) is 4.93. The fraction of sp³-hybridized carbons (Fsp3) is 0.154. The van der Waals surface area contributed by atoms with Crippen molar-refractivity contribution in [2.45, 2.75) is 13.8 Å². The van der Waals surface area contributed by atoms with E-state index in [0.29, 0.717) is 4.88 Å². The van der Waals surface area contributed by atoms with Crippen LogP contribution < -0.4 is 0 Å². The number of carbonyl (C=O) groups excluding carboxylic acids is 1. The molecule has 0 aliphatic heterocycles. The number of rotatable bonds is 2. The molecule has 0 aliphatic carbocycles. The van der Waals surface area contributed by atoms with Gasteiger partial charge in [0.2, 0.25) is 5.78 Å². The van der Waals surface area contributed by atoms with Gasteiger partial charge < -0.3 is 0 Å². The quantitative estimate of drug-likeness (QED) is 0.723. The molecule has 1 nitrogen and oxygen atoms in total. The van der Waals surface area contributed by atoms with Gasteiger partial charge in [-0.2, -0.15) is 0 Å². The third kappa shape index (κ3) is 1.91. The fourth-order valence-corrected chi connectivity index (χ4v) is 2.61. The van der Waals surface area contributed by atoms with E-state index >= 15 is 0 Å². The van der Waals surface area contributed by atoms with Crippen molar-refractivity contribution in [3.8, 4) is 0 Å². The summed E-state index contributed by atoms with van der Waals surface area (Å²) in [5.74, 6) is -0.688. The van der Waals surface area contributed by atoms with Crippen LogP contribution in [0.2, 0.25) is 0 Å². The maximum absolute atomic E-state index is 13.4. The van der Waals surface area contributed by atoms with Crippen LogP contribution in [0, 0.1) is 19.7 Å².